The quantitative estimate of drug-likeness (QED) is 0.709. The number of hydrogen-bond acceptors (Lipinski definition) is 7. The summed E-state index contributed by atoms with van der Waals surface area (Å²) in [7, 11) is 3.09. The molecule has 0 aliphatic heterocycles. The maximum Gasteiger partial charge on any atom is 0.306 e. The highest BCUT2D eigenvalue weighted by atomic mass is 32.1. The number of benzene rings is 1. The first-order chi connectivity index (χ1) is 12.5. The van der Waals surface area contributed by atoms with Crippen molar-refractivity contribution in [2.75, 3.05) is 20.8 Å². The smallest absolute Gasteiger partial charge is 0.306 e. The predicted octanol–water partition coefficient (Wildman–Crippen LogP) is 2.20. The van der Waals surface area contributed by atoms with E-state index in [2.05, 4.69) is 5.32 Å². The Hall–Kier alpha value is -2.87. The molecule has 0 radical (unpaired) electrons. The lowest BCUT2D eigenvalue weighted by Crippen LogP contribution is -2.33. The zero-order chi connectivity index (χ0) is 18.9. The maximum atomic E-state index is 11.8. The SMILES string of the molecule is COc1cc(CCC(=O)OCC(=O)NC(=O)c2cccs2)cc(OC)c1. The van der Waals surface area contributed by atoms with E-state index in [1.54, 1.807) is 49.9 Å². The van der Waals surface area contributed by atoms with Crippen LogP contribution in [-0.2, 0) is 20.7 Å². The molecule has 0 aliphatic rings. The van der Waals surface area contributed by atoms with Crippen LogP contribution >= 0.6 is 11.3 Å². The summed E-state index contributed by atoms with van der Waals surface area (Å²) in [5, 5.41) is 3.89. The molecule has 0 atom stereocenters. The van der Waals surface area contributed by atoms with Gasteiger partial charge in [-0.2, -0.15) is 0 Å². The minimum absolute atomic E-state index is 0.0858. The average molecular weight is 377 g/mol. The molecule has 2 aromatic rings. The number of hydrogen-bond donors (Lipinski definition) is 1. The van der Waals surface area contributed by atoms with E-state index in [4.69, 9.17) is 14.2 Å². The Bertz CT molecular complexity index is 750. The third-order valence-corrected chi connectivity index (χ3v) is 4.26. The Morgan fingerprint density at radius 1 is 1.08 bits per heavy atom. The van der Waals surface area contributed by atoms with Crippen molar-refractivity contribution in [2.24, 2.45) is 0 Å². The molecule has 0 aliphatic carbocycles. The molecule has 0 unspecified atom stereocenters. The van der Waals surface area contributed by atoms with Crippen LogP contribution in [-0.4, -0.2) is 38.6 Å². The summed E-state index contributed by atoms with van der Waals surface area (Å²) in [5.74, 6) is -0.465. The molecule has 1 N–H and O–H groups in total. The van der Waals surface area contributed by atoms with Crippen molar-refractivity contribution >= 4 is 29.1 Å². The van der Waals surface area contributed by atoms with Gasteiger partial charge in [0.25, 0.3) is 11.8 Å². The molecular formula is C18H19NO6S. The maximum absolute atomic E-state index is 11.8. The first-order valence-electron chi connectivity index (χ1n) is 7.77. The van der Waals surface area contributed by atoms with Crippen molar-refractivity contribution in [1.29, 1.82) is 0 Å². The highest BCUT2D eigenvalue weighted by Crippen LogP contribution is 2.23. The summed E-state index contributed by atoms with van der Waals surface area (Å²) >= 11 is 1.22. The van der Waals surface area contributed by atoms with E-state index in [9.17, 15) is 14.4 Å². The Kier molecular flexibility index (Phi) is 7.16. The summed E-state index contributed by atoms with van der Waals surface area (Å²) in [6.07, 6.45) is 0.491. The summed E-state index contributed by atoms with van der Waals surface area (Å²) in [5.41, 5.74) is 0.843. The minimum Gasteiger partial charge on any atom is -0.497 e. The van der Waals surface area contributed by atoms with Crippen LogP contribution in [0.4, 0.5) is 0 Å². The van der Waals surface area contributed by atoms with Gasteiger partial charge < -0.3 is 14.2 Å². The lowest BCUT2D eigenvalue weighted by molar-refractivity contribution is -0.148. The van der Waals surface area contributed by atoms with Crippen molar-refractivity contribution in [3.63, 3.8) is 0 Å². The molecule has 0 saturated carbocycles. The van der Waals surface area contributed by atoms with E-state index in [1.165, 1.54) is 11.3 Å². The van der Waals surface area contributed by atoms with Gasteiger partial charge in [-0.05, 0) is 35.6 Å². The average Bonchev–Trinajstić information content (AvgIpc) is 3.19. The molecule has 26 heavy (non-hydrogen) atoms. The van der Waals surface area contributed by atoms with Crippen molar-refractivity contribution in [1.82, 2.24) is 5.32 Å². The van der Waals surface area contributed by atoms with Crippen molar-refractivity contribution in [3.8, 4) is 11.5 Å². The van der Waals surface area contributed by atoms with Crippen LogP contribution in [0.2, 0.25) is 0 Å². The normalized spacial score (nSPS) is 10.1. The van der Waals surface area contributed by atoms with Gasteiger partial charge in [-0.3, -0.25) is 19.7 Å². The summed E-state index contributed by atoms with van der Waals surface area (Å²) in [6, 6.07) is 8.63. The third kappa shape index (κ3) is 5.89. The second kappa shape index (κ2) is 9.57. The van der Waals surface area contributed by atoms with Gasteiger partial charge in [-0.25, -0.2) is 0 Å². The number of ether oxygens (including phenoxy) is 3. The molecule has 0 bridgehead atoms. The van der Waals surface area contributed by atoms with Gasteiger partial charge in [0.2, 0.25) is 0 Å². The van der Waals surface area contributed by atoms with Crippen LogP contribution in [0.5, 0.6) is 11.5 Å². The number of nitrogens with one attached hydrogen (secondary N) is 1. The topological polar surface area (TPSA) is 90.9 Å². The molecule has 138 valence electrons. The number of amides is 2. The zero-order valence-corrected chi connectivity index (χ0v) is 15.3. The van der Waals surface area contributed by atoms with E-state index in [-0.39, 0.29) is 6.42 Å². The van der Waals surface area contributed by atoms with Crippen molar-refractivity contribution in [3.05, 3.63) is 46.2 Å². The first kappa shape index (κ1) is 19.5. The van der Waals surface area contributed by atoms with E-state index in [0.717, 1.165) is 5.56 Å². The lowest BCUT2D eigenvalue weighted by Gasteiger charge is -2.08. The number of thiophene rings is 1. The number of carbonyl (C=O) groups excluding carboxylic acids is 3. The highest BCUT2D eigenvalue weighted by Gasteiger charge is 2.13. The second-order valence-corrected chi connectivity index (χ2v) is 6.18. The number of methoxy groups -OCH3 is 2. The largest absolute Gasteiger partial charge is 0.497 e. The second-order valence-electron chi connectivity index (χ2n) is 5.24. The van der Waals surface area contributed by atoms with Gasteiger partial charge in [0.1, 0.15) is 11.5 Å². The van der Waals surface area contributed by atoms with Crippen LogP contribution in [0.25, 0.3) is 0 Å². The molecular weight excluding hydrogens is 358 g/mol. The number of carbonyl (C=O) groups is 3. The molecule has 7 nitrogen and oxygen atoms in total. The van der Waals surface area contributed by atoms with E-state index < -0.39 is 24.4 Å². The van der Waals surface area contributed by atoms with Crippen molar-refractivity contribution < 1.29 is 28.6 Å². The van der Waals surface area contributed by atoms with Gasteiger partial charge in [-0.15, -0.1) is 11.3 Å². The minimum atomic E-state index is -0.667. The number of aryl methyl sites for hydroxylation is 1. The van der Waals surface area contributed by atoms with E-state index in [0.29, 0.717) is 22.8 Å². The van der Waals surface area contributed by atoms with Gasteiger partial charge in [0.05, 0.1) is 19.1 Å². The Morgan fingerprint density at radius 3 is 2.35 bits per heavy atom. The van der Waals surface area contributed by atoms with Gasteiger partial charge in [0, 0.05) is 12.5 Å². The molecule has 0 fully saturated rings. The summed E-state index contributed by atoms with van der Waals surface area (Å²) < 4.78 is 15.2. The van der Waals surface area contributed by atoms with Gasteiger partial charge in [0.15, 0.2) is 6.61 Å². The zero-order valence-electron chi connectivity index (χ0n) is 14.4. The predicted molar refractivity (Wildman–Crippen MR) is 95.6 cm³/mol. The van der Waals surface area contributed by atoms with Crippen LogP contribution in [0.1, 0.15) is 21.7 Å². The Balaban J connectivity index is 1.76. The van der Waals surface area contributed by atoms with Gasteiger partial charge >= 0.3 is 5.97 Å². The molecule has 8 heteroatoms. The van der Waals surface area contributed by atoms with E-state index in [1.807, 2.05) is 0 Å². The molecule has 1 aromatic heterocycles. The molecule has 0 saturated heterocycles. The monoisotopic (exact) mass is 377 g/mol. The number of esters is 1. The Labute approximate surface area is 154 Å². The fraction of sp³-hybridized carbons (Fsp3) is 0.278. The molecule has 0 spiro atoms. The van der Waals surface area contributed by atoms with Gasteiger partial charge in [-0.1, -0.05) is 6.07 Å². The fourth-order valence-electron chi connectivity index (χ4n) is 2.11. The molecule has 2 amide bonds. The standard InChI is InChI=1S/C18H19NO6S/c1-23-13-8-12(9-14(10-13)24-2)5-6-17(21)25-11-16(20)19-18(22)15-4-3-7-26-15/h3-4,7-10H,5-6,11H2,1-2H3,(H,19,20,22). The van der Waals surface area contributed by atoms with Crippen molar-refractivity contribution in [2.45, 2.75) is 12.8 Å². The van der Waals surface area contributed by atoms with Crippen LogP contribution in [0, 0.1) is 0 Å². The molecule has 2 rings (SSSR count). The van der Waals surface area contributed by atoms with Crippen LogP contribution in [0.15, 0.2) is 35.7 Å². The number of imide groups is 1. The highest BCUT2D eigenvalue weighted by molar-refractivity contribution is 7.12. The molecule has 1 aromatic carbocycles. The lowest BCUT2D eigenvalue weighted by atomic mass is 10.1. The van der Waals surface area contributed by atoms with Crippen LogP contribution < -0.4 is 14.8 Å². The molecule has 1 heterocycles. The van der Waals surface area contributed by atoms with Crippen LogP contribution in [0.3, 0.4) is 0 Å². The van der Waals surface area contributed by atoms with E-state index >= 15 is 0 Å². The first-order valence-corrected chi connectivity index (χ1v) is 8.65. The summed E-state index contributed by atoms with van der Waals surface area (Å²) in [4.78, 5) is 35.6. The number of rotatable bonds is 8. The Morgan fingerprint density at radius 2 is 1.77 bits per heavy atom. The third-order valence-electron chi connectivity index (χ3n) is 3.39. The fourth-order valence-corrected chi connectivity index (χ4v) is 2.73. The summed E-state index contributed by atoms with van der Waals surface area (Å²) in [6.45, 7) is -0.503.